The topological polar surface area (TPSA) is 99.4 Å². The number of nitrogens with one attached hydrogen (secondary N) is 1. The van der Waals surface area contributed by atoms with E-state index in [1.165, 1.54) is 25.4 Å². The lowest BCUT2D eigenvalue weighted by Crippen LogP contribution is -2.38. The second-order valence-corrected chi connectivity index (χ2v) is 6.09. The van der Waals surface area contributed by atoms with Crippen molar-refractivity contribution in [2.45, 2.75) is 6.92 Å². The van der Waals surface area contributed by atoms with Gasteiger partial charge >= 0.3 is 11.7 Å². The zero-order valence-electron chi connectivity index (χ0n) is 12.8. The van der Waals surface area contributed by atoms with E-state index < -0.39 is 29.7 Å². The van der Waals surface area contributed by atoms with Gasteiger partial charge in [0.25, 0.3) is 11.5 Å². The van der Waals surface area contributed by atoms with Crippen molar-refractivity contribution >= 4 is 29.0 Å². The summed E-state index contributed by atoms with van der Waals surface area (Å²) >= 11 is 1.26. The van der Waals surface area contributed by atoms with Crippen LogP contribution < -0.4 is 16.6 Å². The fourth-order valence-corrected chi connectivity index (χ4v) is 2.54. The SMILES string of the molecule is Cc1ccc(C(=O)OCC(=O)Nc2cc(=O)n(C)c(=O)n2C)s1. The van der Waals surface area contributed by atoms with E-state index in [0.717, 1.165) is 20.1 Å². The number of hydrogen-bond donors (Lipinski definition) is 1. The van der Waals surface area contributed by atoms with Crippen molar-refractivity contribution in [3.05, 3.63) is 48.8 Å². The summed E-state index contributed by atoms with van der Waals surface area (Å²) < 4.78 is 6.91. The monoisotopic (exact) mass is 337 g/mol. The summed E-state index contributed by atoms with van der Waals surface area (Å²) in [6.07, 6.45) is 0. The van der Waals surface area contributed by atoms with Gasteiger partial charge in [0.15, 0.2) is 6.61 Å². The van der Waals surface area contributed by atoms with Gasteiger partial charge in [-0.2, -0.15) is 0 Å². The van der Waals surface area contributed by atoms with E-state index in [0.29, 0.717) is 4.88 Å². The molecule has 23 heavy (non-hydrogen) atoms. The molecule has 2 heterocycles. The number of carbonyl (C=O) groups excluding carboxylic acids is 2. The molecule has 0 atom stereocenters. The third-order valence-electron chi connectivity index (χ3n) is 3.07. The number of thiophene rings is 1. The number of hydrogen-bond acceptors (Lipinski definition) is 6. The van der Waals surface area contributed by atoms with E-state index in [9.17, 15) is 19.2 Å². The fourth-order valence-electron chi connectivity index (χ4n) is 1.78. The summed E-state index contributed by atoms with van der Waals surface area (Å²) in [6.45, 7) is 1.34. The minimum Gasteiger partial charge on any atom is -0.451 e. The van der Waals surface area contributed by atoms with Crippen molar-refractivity contribution in [2.75, 3.05) is 11.9 Å². The largest absolute Gasteiger partial charge is 0.451 e. The van der Waals surface area contributed by atoms with Crippen LogP contribution >= 0.6 is 11.3 Å². The number of aromatic nitrogens is 2. The maximum absolute atomic E-state index is 11.8. The van der Waals surface area contributed by atoms with Gasteiger partial charge in [-0.1, -0.05) is 0 Å². The van der Waals surface area contributed by atoms with Gasteiger partial charge in [-0.15, -0.1) is 11.3 Å². The van der Waals surface area contributed by atoms with Gasteiger partial charge in [-0.3, -0.25) is 18.7 Å². The summed E-state index contributed by atoms with van der Waals surface area (Å²) in [5.41, 5.74) is -1.12. The molecule has 0 radical (unpaired) electrons. The number of rotatable bonds is 4. The van der Waals surface area contributed by atoms with Crippen LogP contribution in [0, 0.1) is 6.92 Å². The lowest BCUT2D eigenvalue weighted by Gasteiger charge is -2.10. The Balaban J connectivity index is 2.02. The molecule has 0 aliphatic heterocycles. The highest BCUT2D eigenvalue weighted by Gasteiger charge is 2.14. The average molecular weight is 337 g/mol. The molecule has 122 valence electrons. The Labute approximate surface area is 134 Å². The first-order valence-electron chi connectivity index (χ1n) is 6.60. The van der Waals surface area contributed by atoms with Crippen molar-refractivity contribution in [1.82, 2.24) is 9.13 Å². The molecule has 0 spiro atoms. The minimum atomic E-state index is -0.644. The zero-order valence-corrected chi connectivity index (χ0v) is 13.6. The summed E-state index contributed by atoms with van der Waals surface area (Å²) in [5, 5.41) is 2.37. The second kappa shape index (κ2) is 6.61. The minimum absolute atomic E-state index is 0.0334. The molecule has 2 aromatic heterocycles. The van der Waals surface area contributed by atoms with Crippen LogP contribution in [0.25, 0.3) is 0 Å². The van der Waals surface area contributed by atoms with Crippen LogP contribution in [0.1, 0.15) is 14.5 Å². The first kappa shape index (κ1) is 16.7. The van der Waals surface area contributed by atoms with E-state index >= 15 is 0 Å². The smallest absolute Gasteiger partial charge is 0.348 e. The first-order chi connectivity index (χ1) is 10.8. The quantitative estimate of drug-likeness (QED) is 0.806. The van der Waals surface area contributed by atoms with E-state index in [1.807, 2.05) is 6.92 Å². The van der Waals surface area contributed by atoms with Crippen molar-refractivity contribution in [3.63, 3.8) is 0 Å². The standard InChI is InChI=1S/C14H15N3O5S/c1-8-4-5-9(23-8)13(20)22-7-11(18)15-10-6-12(19)17(3)14(21)16(10)2/h4-6H,7H2,1-3H3,(H,15,18). The molecule has 0 fully saturated rings. The summed E-state index contributed by atoms with van der Waals surface area (Å²) in [7, 11) is 2.75. The van der Waals surface area contributed by atoms with Crippen LogP contribution in [0.2, 0.25) is 0 Å². The molecule has 0 aromatic carbocycles. The van der Waals surface area contributed by atoms with Crippen LogP contribution in [-0.2, 0) is 23.6 Å². The Morgan fingerprint density at radius 1 is 1.22 bits per heavy atom. The van der Waals surface area contributed by atoms with Crippen LogP contribution in [0.4, 0.5) is 5.82 Å². The number of esters is 1. The Kier molecular flexibility index (Phi) is 4.80. The molecule has 2 aromatic rings. The van der Waals surface area contributed by atoms with Gasteiger partial charge in [0.1, 0.15) is 10.7 Å². The van der Waals surface area contributed by atoms with Crippen LogP contribution in [0.5, 0.6) is 0 Å². The van der Waals surface area contributed by atoms with Crippen molar-refractivity contribution in [1.29, 1.82) is 0 Å². The van der Waals surface area contributed by atoms with Crippen LogP contribution in [0.15, 0.2) is 27.8 Å². The molecule has 0 bridgehead atoms. The van der Waals surface area contributed by atoms with E-state index in [4.69, 9.17) is 4.74 Å². The summed E-state index contributed by atoms with van der Waals surface area (Å²) in [4.78, 5) is 48.2. The molecule has 1 amide bonds. The molecule has 0 saturated carbocycles. The molecule has 8 nitrogen and oxygen atoms in total. The molecule has 2 rings (SSSR count). The van der Waals surface area contributed by atoms with E-state index in [1.54, 1.807) is 12.1 Å². The molecule has 9 heteroatoms. The zero-order chi connectivity index (χ0) is 17.1. The van der Waals surface area contributed by atoms with Gasteiger partial charge in [0.05, 0.1) is 0 Å². The number of anilines is 1. The van der Waals surface area contributed by atoms with E-state index in [-0.39, 0.29) is 5.82 Å². The normalized spacial score (nSPS) is 10.4. The van der Waals surface area contributed by atoms with E-state index in [2.05, 4.69) is 5.32 Å². The van der Waals surface area contributed by atoms with Crippen molar-refractivity contribution in [2.24, 2.45) is 14.1 Å². The maximum atomic E-state index is 11.8. The van der Waals surface area contributed by atoms with Crippen LogP contribution in [0.3, 0.4) is 0 Å². The number of aryl methyl sites for hydroxylation is 1. The van der Waals surface area contributed by atoms with Crippen LogP contribution in [-0.4, -0.2) is 27.6 Å². The molecule has 0 aliphatic rings. The number of amides is 1. The second-order valence-electron chi connectivity index (χ2n) is 4.80. The Bertz CT molecular complexity index is 877. The molecule has 0 saturated heterocycles. The third kappa shape index (κ3) is 3.75. The van der Waals surface area contributed by atoms with Crippen molar-refractivity contribution < 1.29 is 14.3 Å². The Morgan fingerprint density at radius 2 is 1.91 bits per heavy atom. The Morgan fingerprint density at radius 3 is 2.52 bits per heavy atom. The first-order valence-corrected chi connectivity index (χ1v) is 7.41. The highest BCUT2D eigenvalue weighted by Crippen LogP contribution is 2.15. The molecule has 0 aliphatic carbocycles. The maximum Gasteiger partial charge on any atom is 0.348 e. The highest BCUT2D eigenvalue weighted by atomic mass is 32.1. The fraction of sp³-hybridized carbons (Fsp3) is 0.286. The molecular formula is C14H15N3O5S. The lowest BCUT2D eigenvalue weighted by atomic mass is 10.4. The van der Waals surface area contributed by atoms with Crippen molar-refractivity contribution in [3.8, 4) is 0 Å². The van der Waals surface area contributed by atoms with Gasteiger partial charge < -0.3 is 10.1 Å². The van der Waals surface area contributed by atoms with Gasteiger partial charge in [0.2, 0.25) is 0 Å². The highest BCUT2D eigenvalue weighted by molar-refractivity contribution is 7.13. The van der Waals surface area contributed by atoms with Gasteiger partial charge in [-0.25, -0.2) is 9.59 Å². The number of carbonyl (C=O) groups is 2. The average Bonchev–Trinajstić information content (AvgIpc) is 2.94. The van der Waals surface area contributed by atoms with Gasteiger partial charge in [-0.05, 0) is 19.1 Å². The molecular weight excluding hydrogens is 322 g/mol. The number of nitrogens with zero attached hydrogens (tertiary/aromatic N) is 2. The Hall–Kier alpha value is -2.68. The summed E-state index contributed by atoms with van der Waals surface area (Å²) in [6, 6.07) is 4.51. The summed E-state index contributed by atoms with van der Waals surface area (Å²) in [5.74, 6) is -1.21. The molecule has 0 unspecified atom stereocenters. The lowest BCUT2D eigenvalue weighted by molar-refractivity contribution is -0.119. The predicted octanol–water partition coefficient (Wildman–Crippen LogP) is 0.249. The third-order valence-corrected chi connectivity index (χ3v) is 4.05. The number of ether oxygens (including phenoxy) is 1. The molecule has 1 N–H and O–H groups in total. The van der Waals surface area contributed by atoms with Gasteiger partial charge in [0, 0.05) is 25.0 Å². The predicted molar refractivity (Wildman–Crippen MR) is 84.9 cm³/mol.